The molecule has 1 aliphatic rings. The highest BCUT2D eigenvalue weighted by molar-refractivity contribution is 5.49. The molecule has 6 heteroatoms. The van der Waals surface area contributed by atoms with E-state index in [4.69, 9.17) is 4.52 Å². The van der Waals surface area contributed by atoms with Crippen molar-refractivity contribution in [2.75, 3.05) is 19.6 Å². The molecule has 0 N–H and O–H groups in total. The standard InChI is InChI=1S/C18H17N5O/c1-2-5-14(6-3-1)7-4-10-23-12-15(13-23)18-21-17(22-24-18)16-11-19-8-9-20-16/h1-9,11,15H,10,12-13H2/b7-4+. The van der Waals surface area contributed by atoms with Gasteiger partial charge in [-0.3, -0.25) is 9.88 Å². The lowest BCUT2D eigenvalue weighted by Gasteiger charge is -2.36. The van der Waals surface area contributed by atoms with E-state index in [1.807, 2.05) is 18.2 Å². The number of hydrogen-bond acceptors (Lipinski definition) is 6. The van der Waals surface area contributed by atoms with Crippen LogP contribution in [-0.4, -0.2) is 44.6 Å². The molecule has 2 aromatic heterocycles. The van der Waals surface area contributed by atoms with Crippen molar-refractivity contribution >= 4 is 6.08 Å². The van der Waals surface area contributed by atoms with Crippen LogP contribution in [0.4, 0.5) is 0 Å². The van der Waals surface area contributed by atoms with Crippen LogP contribution in [0.15, 0.2) is 59.5 Å². The fraction of sp³-hybridized carbons (Fsp3) is 0.222. The van der Waals surface area contributed by atoms with E-state index in [1.54, 1.807) is 18.6 Å². The molecule has 6 nitrogen and oxygen atoms in total. The van der Waals surface area contributed by atoms with Gasteiger partial charge in [0.15, 0.2) is 0 Å². The number of hydrogen-bond donors (Lipinski definition) is 0. The van der Waals surface area contributed by atoms with Crippen molar-refractivity contribution in [3.63, 3.8) is 0 Å². The molecule has 1 aromatic carbocycles. The average molecular weight is 319 g/mol. The van der Waals surface area contributed by atoms with Crippen LogP contribution in [0.2, 0.25) is 0 Å². The second-order valence-corrected chi connectivity index (χ2v) is 5.78. The molecule has 0 bridgehead atoms. The maximum absolute atomic E-state index is 5.37. The molecular weight excluding hydrogens is 302 g/mol. The highest BCUT2D eigenvalue weighted by atomic mass is 16.5. The fourth-order valence-corrected chi connectivity index (χ4v) is 2.70. The number of rotatable bonds is 5. The van der Waals surface area contributed by atoms with E-state index in [2.05, 4.69) is 49.3 Å². The maximum Gasteiger partial charge on any atom is 0.232 e. The zero-order valence-corrected chi connectivity index (χ0v) is 13.1. The molecule has 0 amide bonds. The highest BCUT2D eigenvalue weighted by Gasteiger charge is 2.31. The smallest absolute Gasteiger partial charge is 0.232 e. The Morgan fingerprint density at radius 2 is 2.04 bits per heavy atom. The molecule has 24 heavy (non-hydrogen) atoms. The van der Waals surface area contributed by atoms with Crippen molar-refractivity contribution in [2.45, 2.75) is 5.92 Å². The Balaban J connectivity index is 1.30. The molecule has 0 aliphatic carbocycles. The molecule has 4 rings (SSSR count). The molecule has 0 saturated carbocycles. The van der Waals surface area contributed by atoms with Crippen LogP contribution in [0, 0.1) is 0 Å². The largest absolute Gasteiger partial charge is 0.339 e. The Bertz CT molecular complexity index is 810. The fourth-order valence-electron chi connectivity index (χ4n) is 2.70. The van der Waals surface area contributed by atoms with Crippen molar-refractivity contribution in [1.82, 2.24) is 25.0 Å². The molecule has 0 unspecified atom stereocenters. The van der Waals surface area contributed by atoms with Gasteiger partial charge in [-0.05, 0) is 5.56 Å². The second kappa shape index (κ2) is 6.72. The van der Waals surface area contributed by atoms with Crippen molar-refractivity contribution in [3.8, 4) is 11.5 Å². The zero-order chi connectivity index (χ0) is 16.2. The summed E-state index contributed by atoms with van der Waals surface area (Å²) in [5.74, 6) is 1.48. The van der Waals surface area contributed by atoms with E-state index in [9.17, 15) is 0 Å². The molecule has 1 saturated heterocycles. The molecule has 3 aromatic rings. The van der Waals surface area contributed by atoms with E-state index in [1.165, 1.54) is 5.56 Å². The van der Waals surface area contributed by atoms with Crippen molar-refractivity contribution in [2.24, 2.45) is 0 Å². The Morgan fingerprint density at radius 3 is 2.83 bits per heavy atom. The van der Waals surface area contributed by atoms with Gasteiger partial charge in [-0.1, -0.05) is 47.6 Å². The summed E-state index contributed by atoms with van der Waals surface area (Å²) >= 11 is 0. The summed E-state index contributed by atoms with van der Waals surface area (Å²) in [6.45, 7) is 2.79. The highest BCUT2D eigenvalue weighted by Crippen LogP contribution is 2.26. The van der Waals surface area contributed by atoms with Gasteiger partial charge >= 0.3 is 0 Å². The molecule has 3 heterocycles. The zero-order valence-electron chi connectivity index (χ0n) is 13.1. The van der Waals surface area contributed by atoms with Gasteiger partial charge in [0.25, 0.3) is 0 Å². The SMILES string of the molecule is C(=C\c1ccccc1)/CN1CC(c2nc(-c3cnccn3)no2)C1. The lowest BCUT2D eigenvalue weighted by Crippen LogP contribution is -2.44. The van der Waals surface area contributed by atoms with Crippen molar-refractivity contribution in [3.05, 3.63) is 66.5 Å². The van der Waals surface area contributed by atoms with Gasteiger partial charge in [0.05, 0.1) is 12.1 Å². The molecule has 0 radical (unpaired) electrons. The lowest BCUT2D eigenvalue weighted by atomic mass is 10.0. The summed E-state index contributed by atoms with van der Waals surface area (Å²) in [5.41, 5.74) is 1.86. The lowest BCUT2D eigenvalue weighted by molar-refractivity contribution is 0.140. The Hall–Kier alpha value is -2.86. The maximum atomic E-state index is 5.37. The minimum atomic E-state index is 0.299. The Kier molecular flexibility index (Phi) is 4.12. The minimum Gasteiger partial charge on any atom is -0.339 e. The normalized spacial score (nSPS) is 15.7. The van der Waals surface area contributed by atoms with Gasteiger partial charge < -0.3 is 4.52 Å². The molecule has 1 fully saturated rings. The topological polar surface area (TPSA) is 67.9 Å². The monoisotopic (exact) mass is 319 g/mol. The van der Waals surface area contributed by atoms with E-state index < -0.39 is 0 Å². The summed E-state index contributed by atoms with van der Waals surface area (Å²) in [5, 5.41) is 4.00. The first kappa shape index (κ1) is 14.7. The first-order valence-electron chi connectivity index (χ1n) is 7.92. The second-order valence-electron chi connectivity index (χ2n) is 5.78. The molecule has 120 valence electrons. The van der Waals surface area contributed by atoms with Crippen LogP contribution in [0.1, 0.15) is 17.4 Å². The molecular formula is C18H17N5O. The van der Waals surface area contributed by atoms with Gasteiger partial charge in [-0.2, -0.15) is 4.98 Å². The summed E-state index contributed by atoms with van der Waals surface area (Å²) < 4.78 is 5.37. The number of benzene rings is 1. The van der Waals surface area contributed by atoms with E-state index >= 15 is 0 Å². The van der Waals surface area contributed by atoms with Gasteiger partial charge in [0.2, 0.25) is 11.7 Å². The van der Waals surface area contributed by atoms with Crippen LogP contribution in [0.3, 0.4) is 0 Å². The Morgan fingerprint density at radius 1 is 1.17 bits per heavy atom. The van der Waals surface area contributed by atoms with Crippen LogP contribution in [0.5, 0.6) is 0 Å². The number of nitrogens with zero attached hydrogens (tertiary/aromatic N) is 5. The number of aromatic nitrogens is 4. The summed E-state index contributed by atoms with van der Waals surface area (Å²) in [7, 11) is 0. The molecule has 0 spiro atoms. The van der Waals surface area contributed by atoms with E-state index in [0.29, 0.717) is 23.3 Å². The minimum absolute atomic E-state index is 0.299. The Labute approximate surface area is 139 Å². The quantitative estimate of drug-likeness (QED) is 0.720. The summed E-state index contributed by atoms with van der Waals surface area (Å²) in [6, 6.07) is 10.3. The third-order valence-corrected chi connectivity index (χ3v) is 4.01. The third-order valence-electron chi connectivity index (χ3n) is 4.01. The predicted molar refractivity (Wildman–Crippen MR) is 90.0 cm³/mol. The van der Waals surface area contributed by atoms with Crippen LogP contribution >= 0.6 is 0 Å². The first-order valence-corrected chi connectivity index (χ1v) is 7.92. The van der Waals surface area contributed by atoms with Crippen LogP contribution < -0.4 is 0 Å². The first-order chi connectivity index (χ1) is 11.9. The summed E-state index contributed by atoms with van der Waals surface area (Å²) in [6.07, 6.45) is 9.21. The van der Waals surface area contributed by atoms with Crippen LogP contribution in [0.25, 0.3) is 17.6 Å². The van der Waals surface area contributed by atoms with Gasteiger partial charge in [-0.15, -0.1) is 0 Å². The predicted octanol–water partition coefficient (Wildman–Crippen LogP) is 2.64. The van der Waals surface area contributed by atoms with Crippen LogP contribution in [-0.2, 0) is 0 Å². The third kappa shape index (κ3) is 3.23. The summed E-state index contributed by atoms with van der Waals surface area (Å²) in [4.78, 5) is 15.0. The van der Waals surface area contributed by atoms with Crippen molar-refractivity contribution in [1.29, 1.82) is 0 Å². The van der Waals surface area contributed by atoms with E-state index in [0.717, 1.165) is 19.6 Å². The van der Waals surface area contributed by atoms with Gasteiger partial charge in [0, 0.05) is 32.0 Å². The molecule has 0 atom stereocenters. The van der Waals surface area contributed by atoms with E-state index in [-0.39, 0.29) is 0 Å². The van der Waals surface area contributed by atoms with Gasteiger partial charge in [0.1, 0.15) is 5.69 Å². The average Bonchev–Trinajstić information content (AvgIpc) is 3.08. The van der Waals surface area contributed by atoms with Crippen molar-refractivity contribution < 1.29 is 4.52 Å². The van der Waals surface area contributed by atoms with Gasteiger partial charge in [-0.25, -0.2) is 4.98 Å². The molecule has 1 aliphatic heterocycles. The number of likely N-dealkylation sites (tertiary alicyclic amines) is 1.